The van der Waals surface area contributed by atoms with Crippen LogP contribution < -0.4 is 0 Å². The lowest BCUT2D eigenvalue weighted by Crippen LogP contribution is -2.16. The molecular weight excluding hydrogens is 257 g/mol. The van der Waals surface area contributed by atoms with Gasteiger partial charge in [0.05, 0.1) is 11.5 Å². The summed E-state index contributed by atoms with van der Waals surface area (Å²) >= 11 is 0.913. The molecule has 0 unspecified atom stereocenters. The number of thioether (sulfide) groups is 1. The maximum Gasteiger partial charge on any atom is 0.411 e. The first-order valence-corrected chi connectivity index (χ1v) is 5.48. The van der Waals surface area contributed by atoms with E-state index in [2.05, 4.69) is 4.74 Å². The van der Waals surface area contributed by atoms with E-state index in [-0.39, 0.29) is 11.5 Å². The van der Waals surface area contributed by atoms with Gasteiger partial charge in [-0.3, -0.25) is 0 Å². The van der Waals surface area contributed by atoms with Crippen molar-refractivity contribution in [3.63, 3.8) is 0 Å². The lowest BCUT2D eigenvalue weighted by atomic mass is 10.2. The van der Waals surface area contributed by atoms with E-state index in [9.17, 15) is 18.0 Å². The normalized spacial score (nSPS) is 11.5. The summed E-state index contributed by atoms with van der Waals surface area (Å²) in [5.74, 6) is -1.37. The van der Waals surface area contributed by atoms with E-state index in [1.807, 2.05) is 0 Å². The van der Waals surface area contributed by atoms with Gasteiger partial charge in [0, 0.05) is 4.90 Å². The van der Waals surface area contributed by atoms with Gasteiger partial charge >= 0.3 is 12.1 Å². The van der Waals surface area contributed by atoms with Crippen molar-refractivity contribution < 1.29 is 27.8 Å². The summed E-state index contributed by atoms with van der Waals surface area (Å²) in [5.41, 5.74) is 0.0492. The van der Waals surface area contributed by atoms with Crippen LogP contribution >= 0.6 is 11.8 Å². The fraction of sp³-hybridized carbons (Fsp3) is 0.300. The average Bonchev–Trinajstić information content (AvgIpc) is 2.23. The first-order valence-electron chi connectivity index (χ1n) is 4.50. The third kappa shape index (κ3) is 5.10. The Balaban J connectivity index is 2.49. The molecule has 0 saturated carbocycles. The number of hydrogen-bond donors (Lipinski definition) is 1. The van der Waals surface area contributed by atoms with Crippen LogP contribution in [-0.2, 0) is 4.74 Å². The van der Waals surface area contributed by atoms with Crippen molar-refractivity contribution in [3.8, 4) is 0 Å². The lowest BCUT2D eigenvalue weighted by Gasteiger charge is -2.08. The quantitative estimate of drug-likeness (QED) is 0.505. The minimum atomic E-state index is -4.37. The second-order valence-electron chi connectivity index (χ2n) is 3.03. The summed E-state index contributed by atoms with van der Waals surface area (Å²) in [5, 5.41) is 8.82. The molecule has 0 aliphatic heterocycles. The summed E-state index contributed by atoms with van der Waals surface area (Å²) < 4.78 is 39.7. The minimum Gasteiger partial charge on any atom is -0.478 e. The van der Waals surface area contributed by atoms with Crippen LogP contribution in [0, 0.1) is 0 Å². The van der Waals surface area contributed by atoms with Crippen LogP contribution in [0.4, 0.5) is 13.2 Å². The van der Waals surface area contributed by atoms with Gasteiger partial charge in [0.1, 0.15) is 6.61 Å². The van der Waals surface area contributed by atoms with Crippen molar-refractivity contribution in [1.29, 1.82) is 0 Å². The van der Waals surface area contributed by atoms with Gasteiger partial charge in [-0.15, -0.1) is 0 Å². The number of benzene rings is 1. The van der Waals surface area contributed by atoms with Crippen LogP contribution in [0.3, 0.4) is 0 Å². The second-order valence-corrected chi connectivity index (χ2v) is 3.99. The molecule has 0 atom stereocenters. The van der Waals surface area contributed by atoms with Gasteiger partial charge in [0.2, 0.25) is 0 Å². The topological polar surface area (TPSA) is 46.5 Å². The zero-order valence-corrected chi connectivity index (χ0v) is 9.35. The largest absolute Gasteiger partial charge is 0.478 e. The van der Waals surface area contributed by atoms with Gasteiger partial charge in [0.15, 0.2) is 0 Å². The molecule has 0 aliphatic rings. The minimum absolute atomic E-state index is 0.0492. The highest BCUT2D eigenvalue weighted by Gasteiger charge is 2.27. The van der Waals surface area contributed by atoms with Gasteiger partial charge in [0.25, 0.3) is 0 Å². The summed E-state index contributed by atoms with van der Waals surface area (Å²) in [7, 11) is 0. The second kappa shape index (κ2) is 5.92. The number of alkyl halides is 3. The fourth-order valence-corrected chi connectivity index (χ4v) is 1.81. The molecular formula is C10H9F3O3S. The molecule has 0 spiro atoms. The van der Waals surface area contributed by atoms with Crippen LogP contribution in [0.15, 0.2) is 29.2 Å². The molecule has 0 saturated heterocycles. The Morgan fingerprint density at radius 2 is 2.00 bits per heavy atom. The predicted molar refractivity (Wildman–Crippen MR) is 56.1 cm³/mol. The first kappa shape index (κ1) is 13.9. The molecule has 0 heterocycles. The lowest BCUT2D eigenvalue weighted by molar-refractivity contribution is -0.168. The van der Waals surface area contributed by atoms with E-state index in [0.29, 0.717) is 4.90 Å². The van der Waals surface area contributed by atoms with Crippen LogP contribution in [0.1, 0.15) is 10.4 Å². The SMILES string of the molecule is O=C(O)c1ccccc1SCOCC(F)(F)F. The molecule has 0 amide bonds. The summed E-state index contributed by atoms with van der Waals surface area (Å²) in [4.78, 5) is 11.2. The Morgan fingerprint density at radius 1 is 1.35 bits per heavy atom. The number of carboxylic acids is 1. The van der Waals surface area contributed by atoms with Crippen molar-refractivity contribution in [3.05, 3.63) is 29.8 Å². The maximum absolute atomic E-state index is 11.8. The van der Waals surface area contributed by atoms with Crippen molar-refractivity contribution in [2.75, 3.05) is 12.5 Å². The zero-order chi connectivity index (χ0) is 12.9. The van der Waals surface area contributed by atoms with Crippen LogP contribution in [0.25, 0.3) is 0 Å². The Kier molecular flexibility index (Phi) is 4.83. The van der Waals surface area contributed by atoms with Crippen molar-refractivity contribution in [1.82, 2.24) is 0 Å². The van der Waals surface area contributed by atoms with E-state index in [0.717, 1.165) is 11.8 Å². The van der Waals surface area contributed by atoms with Crippen LogP contribution in [0.2, 0.25) is 0 Å². The van der Waals surface area contributed by atoms with Crippen molar-refractivity contribution >= 4 is 17.7 Å². The van der Waals surface area contributed by atoms with E-state index in [4.69, 9.17) is 5.11 Å². The predicted octanol–water partition coefficient (Wildman–Crippen LogP) is 3.01. The molecule has 0 aromatic heterocycles. The zero-order valence-electron chi connectivity index (χ0n) is 8.53. The number of halogens is 3. The molecule has 3 nitrogen and oxygen atoms in total. The van der Waals surface area contributed by atoms with Crippen LogP contribution in [0.5, 0.6) is 0 Å². The molecule has 0 radical (unpaired) electrons. The number of aromatic carboxylic acids is 1. The van der Waals surface area contributed by atoms with Gasteiger partial charge in [-0.05, 0) is 12.1 Å². The summed E-state index contributed by atoms with van der Waals surface area (Å²) in [6, 6.07) is 6.06. The molecule has 1 N–H and O–H groups in total. The third-order valence-corrected chi connectivity index (χ3v) is 2.63. The number of rotatable bonds is 5. The van der Waals surface area contributed by atoms with E-state index in [1.165, 1.54) is 12.1 Å². The van der Waals surface area contributed by atoms with E-state index in [1.54, 1.807) is 12.1 Å². The molecule has 1 aromatic carbocycles. The molecule has 1 aromatic rings. The third-order valence-electron chi connectivity index (χ3n) is 1.68. The smallest absolute Gasteiger partial charge is 0.411 e. The molecule has 7 heteroatoms. The molecule has 1 rings (SSSR count). The Bertz CT molecular complexity index is 393. The Hall–Kier alpha value is -1.21. The number of carboxylic acid groups (broad SMARTS) is 1. The van der Waals surface area contributed by atoms with Gasteiger partial charge in [-0.1, -0.05) is 23.9 Å². The molecule has 94 valence electrons. The number of hydrogen-bond acceptors (Lipinski definition) is 3. The van der Waals surface area contributed by atoms with Crippen molar-refractivity contribution in [2.45, 2.75) is 11.1 Å². The highest BCUT2D eigenvalue weighted by atomic mass is 32.2. The number of ether oxygens (including phenoxy) is 1. The summed E-state index contributed by atoms with van der Waals surface area (Å²) in [6.07, 6.45) is -4.37. The van der Waals surface area contributed by atoms with Crippen LogP contribution in [-0.4, -0.2) is 29.8 Å². The van der Waals surface area contributed by atoms with Gasteiger partial charge in [-0.25, -0.2) is 4.79 Å². The van der Waals surface area contributed by atoms with Gasteiger partial charge in [-0.2, -0.15) is 13.2 Å². The van der Waals surface area contributed by atoms with Gasteiger partial charge < -0.3 is 9.84 Å². The number of carbonyl (C=O) groups is 1. The Labute approximate surface area is 99.6 Å². The van der Waals surface area contributed by atoms with E-state index < -0.39 is 18.8 Å². The standard InChI is InChI=1S/C10H9F3O3S/c11-10(12,13)5-16-6-17-8-4-2-1-3-7(8)9(14)15/h1-4H,5-6H2,(H,14,15). The Morgan fingerprint density at radius 3 is 2.59 bits per heavy atom. The highest BCUT2D eigenvalue weighted by Crippen LogP contribution is 2.23. The molecule has 17 heavy (non-hydrogen) atoms. The fourth-order valence-electron chi connectivity index (χ4n) is 1.03. The summed E-state index contributed by atoms with van der Waals surface area (Å²) in [6.45, 7) is -1.34. The molecule has 0 fully saturated rings. The van der Waals surface area contributed by atoms with E-state index >= 15 is 0 Å². The molecule has 0 aliphatic carbocycles. The molecule has 0 bridgehead atoms. The maximum atomic E-state index is 11.8. The first-order chi connectivity index (χ1) is 7.90. The average molecular weight is 266 g/mol. The monoisotopic (exact) mass is 266 g/mol. The highest BCUT2D eigenvalue weighted by molar-refractivity contribution is 7.99. The van der Waals surface area contributed by atoms with Crippen molar-refractivity contribution in [2.24, 2.45) is 0 Å².